The number of sulfonamides is 2. The second kappa shape index (κ2) is 14.6. The molecule has 2 heterocycles. The van der Waals surface area contributed by atoms with Gasteiger partial charge >= 0.3 is 6.03 Å². The van der Waals surface area contributed by atoms with Gasteiger partial charge in [-0.2, -0.15) is 4.31 Å². The van der Waals surface area contributed by atoms with Gasteiger partial charge < -0.3 is 20.9 Å². The van der Waals surface area contributed by atoms with Crippen LogP contribution >= 0.6 is 11.3 Å². The van der Waals surface area contributed by atoms with Gasteiger partial charge in [0.25, 0.3) is 26.0 Å². The number of likely N-dealkylation sites (tertiary alicyclic amines) is 1. The van der Waals surface area contributed by atoms with Crippen molar-refractivity contribution in [2.24, 2.45) is 34.0 Å². The van der Waals surface area contributed by atoms with E-state index in [1.54, 1.807) is 38.3 Å². The van der Waals surface area contributed by atoms with E-state index in [4.69, 9.17) is 0 Å². The van der Waals surface area contributed by atoms with Gasteiger partial charge in [-0.25, -0.2) is 26.4 Å². The summed E-state index contributed by atoms with van der Waals surface area (Å²) in [5, 5.41) is 10.3. The molecule has 0 bridgehead atoms. The molecule has 2 aliphatic carbocycles. The number of benzene rings is 1. The number of rotatable bonds is 13. The molecule has 3 aliphatic rings. The van der Waals surface area contributed by atoms with E-state index in [1.807, 2.05) is 34.6 Å². The molecule has 55 heavy (non-hydrogen) atoms. The predicted octanol–water partition coefficient (Wildman–Crippen LogP) is 3.55. The second-order valence-electron chi connectivity index (χ2n) is 17.7. The minimum Gasteiger partial charge on any atom is -0.339 e. The lowest BCUT2D eigenvalue weighted by Crippen LogP contribution is -2.63. The standard InChI is InChI=1S/C38H54N6O8S3/c1-11-23-20-38(23,33(47)42-54(49,50)24-16-13-12-14-17-24)41-31(45)29-28-25(37(28,8)9)21-44(29)32(46)30(36(5,6)7)40-34(48)39-26(35(2,3)4)22-43(10)55(51,52)27-18-15-19-53-27/h11-19,23,25-26,28-30H,1,20-22H2,2-10H3,(H,41,45)(H,42,47)(H2,39,40,48)/t23?,25?,26?,28?,29?,30-,38-/m1/s1. The van der Waals surface area contributed by atoms with Crippen LogP contribution in [0.4, 0.5) is 4.79 Å². The molecule has 7 atom stereocenters. The average molecular weight is 819 g/mol. The minimum atomic E-state index is -4.24. The van der Waals surface area contributed by atoms with Crippen molar-refractivity contribution in [3.05, 3.63) is 60.5 Å². The Labute approximate surface area is 329 Å². The van der Waals surface area contributed by atoms with Gasteiger partial charge in [-0.1, -0.05) is 85.7 Å². The van der Waals surface area contributed by atoms with E-state index < -0.39 is 84.2 Å². The van der Waals surface area contributed by atoms with E-state index >= 15 is 0 Å². The Morgan fingerprint density at radius 2 is 1.62 bits per heavy atom. The number of hydrogen-bond acceptors (Lipinski definition) is 9. The van der Waals surface area contributed by atoms with Crippen LogP contribution in [0, 0.1) is 34.0 Å². The molecule has 2 saturated carbocycles. The smallest absolute Gasteiger partial charge is 0.315 e. The zero-order valence-corrected chi connectivity index (χ0v) is 35.3. The third-order valence-electron chi connectivity index (χ3n) is 11.4. The van der Waals surface area contributed by atoms with Crippen LogP contribution in [-0.4, -0.2) is 93.6 Å². The fourth-order valence-corrected chi connectivity index (χ4v) is 11.1. The number of amides is 5. The van der Waals surface area contributed by atoms with Gasteiger partial charge in [-0.15, -0.1) is 17.9 Å². The number of fused-ring (bicyclic) bond motifs is 1. The number of thiophene rings is 1. The maximum absolute atomic E-state index is 14.6. The molecule has 4 N–H and O–H groups in total. The van der Waals surface area contributed by atoms with E-state index in [0.717, 1.165) is 11.3 Å². The highest BCUT2D eigenvalue weighted by atomic mass is 32.2. The third-order valence-corrected chi connectivity index (χ3v) is 16.0. The Morgan fingerprint density at radius 1 is 0.982 bits per heavy atom. The van der Waals surface area contributed by atoms with Gasteiger partial charge in [-0.05, 0) is 58.1 Å². The van der Waals surface area contributed by atoms with Crippen molar-refractivity contribution >= 4 is 55.1 Å². The summed E-state index contributed by atoms with van der Waals surface area (Å²) in [6.07, 6.45) is 1.62. The van der Waals surface area contributed by atoms with Crippen molar-refractivity contribution in [2.75, 3.05) is 20.1 Å². The number of likely N-dealkylation sites (N-methyl/N-ethyl adjacent to an activating group) is 1. The van der Waals surface area contributed by atoms with Crippen LogP contribution in [0.2, 0.25) is 0 Å². The van der Waals surface area contributed by atoms with Gasteiger partial charge in [-0.3, -0.25) is 14.4 Å². The molecule has 0 radical (unpaired) electrons. The highest BCUT2D eigenvalue weighted by Crippen LogP contribution is 2.65. The molecule has 1 saturated heterocycles. The summed E-state index contributed by atoms with van der Waals surface area (Å²) < 4.78 is 56.0. The summed E-state index contributed by atoms with van der Waals surface area (Å²) in [6, 6.07) is 7.16. The zero-order valence-electron chi connectivity index (χ0n) is 32.9. The molecule has 5 amide bonds. The number of hydrogen-bond donors (Lipinski definition) is 4. The fourth-order valence-electron chi connectivity index (χ4n) is 7.61. The highest BCUT2D eigenvalue weighted by Gasteiger charge is 2.71. The second-order valence-corrected chi connectivity index (χ2v) is 22.6. The Hall–Kier alpha value is -3.80. The van der Waals surface area contributed by atoms with Crippen LogP contribution in [0.3, 0.4) is 0 Å². The molecular formula is C38H54N6O8S3. The molecule has 5 unspecified atom stereocenters. The lowest BCUT2D eigenvalue weighted by molar-refractivity contribution is -0.144. The largest absolute Gasteiger partial charge is 0.339 e. The third kappa shape index (κ3) is 8.35. The quantitative estimate of drug-likeness (QED) is 0.221. The maximum atomic E-state index is 14.6. The number of piperidine rings is 1. The van der Waals surface area contributed by atoms with Crippen molar-refractivity contribution in [3.63, 3.8) is 0 Å². The van der Waals surface area contributed by atoms with E-state index in [0.29, 0.717) is 0 Å². The first-order chi connectivity index (χ1) is 25.3. The minimum absolute atomic E-state index is 0.0228. The number of carbonyl (C=O) groups is 4. The molecule has 0 spiro atoms. The van der Waals surface area contributed by atoms with Gasteiger partial charge in [0.2, 0.25) is 11.8 Å². The summed E-state index contributed by atoms with van der Waals surface area (Å²) in [6.45, 7) is 19.0. The summed E-state index contributed by atoms with van der Waals surface area (Å²) >= 11 is 1.10. The van der Waals surface area contributed by atoms with E-state index in [1.165, 1.54) is 52.7 Å². The first kappa shape index (κ1) is 42.3. The number of nitrogens with zero attached hydrogens (tertiary/aromatic N) is 2. The van der Waals surface area contributed by atoms with E-state index in [2.05, 4.69) is 27.3 Å². The first-order valence-electron chi connectivity index (χ1n) is 18.2. The van der Waals surface area contributed by atoms with Crippen LogP contribution in [0.25, 0.3) is 0 Å². The molecule has 17 heteroatoms. The molecule has 3 fully saturated rings. The highest BCUT2D eigenvalue weighted by molar-refractivity contribution is 7.91. The maximum Gasteiger partial charge on any atom is 0.315 e. The molecule has 302 valence electrons. The average Bonchev–Trinajstić information content (AvgIpc) is 3.62. The van der Waals surface area contributed by atoms with Crippen molar-refractivity contribution in [2.45, 2.75) is 94.6 Å². The van der Waals surface area contributed by atoms with Crippen LogP contribution in [0.1, 0.15) is 61.8 Å². The Kier molecular flexibility index (Phi) is 11.2. The van der Waals surface area contributed by atoms with Gasteiger partial charge in [0.15, 0.2) is 0 Å². The van der Waals surface area contributed by atoms with Crippen molar-refractivity contribution in [1.82, 2.24) is 29.9 Å². The molecule has 2 aromatic rings. The van der Waals surface area contributed by atoms with Crippen molar-refractivity contribution < 1.29 is 36.0 Å². The molecule has 1 aliphatic heterocycles. The zero-order chi connectivity index (χ0) is 41.1. The summed E-state index contributed by atoms with van der Waals surface area (Å²) in [7, 11) is -6.59. The Morgan fingerprint density at radius 3 is 2.15 bits per heavy atom. The Balaban J connectivity index is 1.35. The van der Waals surface area contributed by atoms with E-state index in [-0.39, 0.29) is 45.9 Å². The van der Waals surface area contributed by atoms with Gasteiger partial charge in [0.1, 0.15) is 21.8 Å². The summed E-state index contributed by atoms with van der Waals surface area (Å²) in [4.78, 5) is 57.7. The monoisotopic (exact) mass is 818 g/mol. The van der Waals surface area contributed by atoms with Crippen molar-refractivity contribution in [3.8, 4) is 0 Å². The number of carbonyl (C=O) groups excluding carboxylic acids is 4. The SMILES string of the molecule is C=CC1C[C@]1(NC(=O)C1C2C(CN1C(=O)[C@@H](NC(=O)NC(CN(C)S(=O)(=O)c1cccs1)C(C)(C)C)C(C)(C)C)C2(C)C)C(=O)NS(=O)(=O)c1ccccc1. The molecule has 14 nitrogen and oxygen atoms in total. The van der Waals surface area contributed by atoms with Gasteiger partial charge in [0, 0.05) is 32.1 Å². The Bertz CT molecular complexity index is 2040. The fraction of sp³-hybridized carbons (Fsp3) is 0.579. The predicted molar refractivity (Wildman–Crippen MR) is 209 cm³/mol. The lowest BCUT2D eigenvalue weighted by Gasteiger charge is -2.39. The lowest BCUT2D eigenvalue weighted by atomic mass is 9.85. The van der Waals surface area contributed by atoms with Crippen LogP contribution in [0.5, 0.6) is 0 Å². The number of urea groups is 1. The topological polar surface area (TPSA) is 191 Å². The normalized spacial score (nSPS) is 25.6. The summed E-state index contributed by atoms with van der Waals surface area (Å²) in [5.41, 5.74) is -3.28. The summed E-state index contributed by atoms with van der Waals surface area (Å²) in [5.74, 6) is -2.79. The van der Waals surface area contributed by atoms with Gasteiger partial charge in [0.05, 0.1) is 4.90 Å². The van der Waals surface area contributed by atoms with E-state index in [9.17, 15) is 36.0 Å². The van der Waals surface area contributed by atoms with Crippen molar-refractivity contribution in [1.29, 1.82) is 0 Å². The molecule has 5 rings (SSSR count). The molecule has 1 aromatic heterocycles. The van der Waals surface area contributed by atoms with Crippen LogP contribution in [0.15, 0.2) is 69.6 Å². The first-order valence-corrected chi connectivity index (χ1v) is 22.0. The molecule has 1 aromatic carbocycles. The van der Waals surface area contributed by atoms with Crippen LogP contribution in [-0.2, 0) is 34.4 Å². The molecular weight excluding hydrogens is 765 g/mol. The number of nitrogens with one attached hydrogen (secondary N) is 4. The van der Waals surface area contributed by atoms with Crippen LogP contribution < -0.4 is 20.7 Å².